The number of hydrogen-bond donors (Lipinski definition) is 3. The highest BCUT2D eigenvalue weighted by Crippen LogP contribution is 2.35. The summed E-state index contributed by atoms with van der Waals surface area (Å²) in [5.74, 6) is 0.399. The number of rotatable bonds is 5. The highest BCUT2D eigenvalue weighted by molar-refractivity contribution is 5.96. The topological polar surface area (TPSA) is 113 Å². The number of carbonyl (C=O) groups excluding carboxylic acids is 1. The molecule has 8 nitrogen and oxygen atoms in total. The molecule has 1 aliphatic heterocycles. The van der Waals surface area contributed by atoms with Crippen LogP contribution in [-0.2, 0) is 11.0 Å². The zero-order valence-electron chi connectivity index (χ0n) is 18.7. The number of anilines is 3. The number of amides is 1. The number of H-pyrrole nitrogens is 1. The lowest BCUT2D eigenvalue weighted by atomic mass is 10.1. The summed E-state index contributed by atoms with van der Waals surface area (Å²) >= 11 is 0. The van der Waals surface area contributed by atoms with Gasteiger partial charge in [0.2, 0.25) is 11.9 Å². The van der Waals surface area contributed by atoms with Gasteiger partial charge < -0.3 is 20.9 Å². The molecule has 180 valence electrons. The Morgan fingerprint density at radius 1 is 1.17 bits per heavy atom. The van der Waals surface area contributed by atoms with E-state index in [0.29, 0.717) is 23.3 Å². The number of pyridine rings is 1. The van der Waals surface area contributed by atoms with Crippen molar-refractivity contribution in [3.8, 4) is 11.3 Å². The van der Waals surface area contributed by atoms with Crippen LogP contribution >= 0.6 is 0 Å². The highest BCUT2D eigenvalue weighted by atomic mass is 19.4. The third-order valence-electron chi connectivity index (χ3n) is 6.05. The third kappa shape index (κ3) is 4.36. The molecule has 0 unspecified atom stereocenters. The summed E-state index contributed by atoms with van der Waals surface area (Å²) in [7, 11) is 0. The maximum Gasteiger partial charge on any atom is 0.417 e. The van der Waals surface area contributed by atoms with Crippen LogP contribution in [0.15, 0.2) is 48.9 Å². The molecule has 11 heteroatoms. The Balaban J connectivity index is 1.40. The fraction of sp³-hybridized carbons (Fsp3) is 0.250. The van der Waals surface area contributed by atoms with Gasteiger partial charge in [-0.15, -0.1) is 0 Å². The first-order valence-corrected chi connectivity index (χ1v) is 11.0. The van der Waals surface area contributed by atoms with E-state index in [9.17, 15) is 18.0 Å². The number of benzene rings is 1. The van der Waals surface area contributed by atoms with Gasteiger partial charge in [-0.05, 0) is 37.1 Å². The average molecular weight is 481 g/mol. The van der Waals surface area contributed by atoms with Crippen LogP contribution in [0, 0.1) is 0 Å². The normalized spacial score (nSPS) is 15.1. The van der Waals surface area contributed by atoms with Gasteiger partial charge in [-0.25, -0.2) is 15.0 Å². The SMILES string of the molecule is C[C@@H](Nc1ncc(N)c(-c2c[nH]c3ncc(C(F)(F)F)cc23)n1)c1ccc(N2CCCC2=O)cc1. The predicted octanol–water partition coefficient (Wildman–Crippen LogP) is 4.92. The van der Waals surface area contributed by atoms with Gasteiger partial charge >= 0.3 is 6.18 Å². The van der Waals surface area contributed by atoms with Gasteiger partial charge in [0.05, 0.1) is 23.5 Å². The minimum absolute atomic E-state index is 0.126. The molecule has 4 heterocycles. The molecule has 0 radical (unpaired) electrons. The molecule has 0 bridgehead atoms. The second-order valence-electron chi connectivity index (χ2n) is 8.42. The summed E-state index contributed by atoms with van der Waals surface area (Å²) in [6.07, 6.45) is 0.638. The van der Waals surface area contributed by atoms with Crippen molar-refractivity contribution in [1.29, 1.82) is 0 Å². The maximum atomic E-state index is 13.2. The Bertz CT molecular complexity index is 1400. The molecule has 4 N–H and O–H groups in total. The number of nitrogen functional groups attached to an aromatic ring is 1. The van der Waals surface area contributed by atoms with Crippen molar-refractivity contribution < 1.29 is 18.0 Å². The lowest BCUT2D eigenvalue weighted by Crippen LogP contribution is -2.23. The number of hydrogen-bond acceptors (Lipinski definition) is 6. The molecule has 1 saturated heterocycles. The van der Waals surface area contributed by atoms with Gasteiger partial charge in [0.15, 0.2) is 0 Å². The van der Waals surface area contributed by atoms with Gasteiger partial charge in [0.25, 0.3) is 0 Å². The van der Waals surface area contributed by atoms with Crippen LogP contribution < -0.4 is 16.0 Å². The molecule has 1 aliphatic rings. The number of fused-ring (bicyclic) bond motifs is 1. The average Bonchev–Trinajstić information content (AvgIpc) is 3.45. The fourth-order valence-electron chi connectivity index (χ4n) is 4.17. The third-order valence-corrected chi connectivity index (χ3v) is 6.05. The molecule has 1 fully saturated rings. The van der Waals surface area contributed by atoms with Crippen LogP contribution in [-0.4, -0.2) is 32.4 Å². The number of alkyl halides is 3. The van der Waals surface area contributed by atoms with Crippen molar-refractivity contribution in [2.45, 2.75) is 32.0 Å². The molecule has 1 atom stereocenters. The molecular weight excluding hydrogens is 459 g/mol. The maximum absolute atomic E-state index is 13.2. The predicted molar refractivity (Wildman–Crippen MR) is 127 cm³/mol. The zero-order chi connectivity index (χ0) is 24.7. The first kappa shape index (κ1) is 22.6. The van der Waals surface area contributed by atoms with Gasteiger partial charge in [-0.1, -0.05) is 12.1 Å². The van der Waals surface area contributed by atoms with E-state index < -0.39 is 11.7 Å². The fourth-order valence-corrected chi connectivity index (χ4v) is 4.17. The number of carbonyl (C=O) groups is 1. The summed E-state index contributed by atoms with van der Waals surface area (Å²) in [4.78, 5) is 29.2. The van der Waals surface area contributed by atoms with Crippen LogP contribution in [0.5, 0.6) is 0 Å². The summed E-state index contributed by atoms with van der Waals surface area (Å²) in [6.45, 7) is 2.66. The van der Waals surface area contributed by atoms with Crippen molar-refractivity contribution >= 4 is 34.3 Å². The summed E-state index contributed by atoms with van der Waals surface area (Å²) in [6, 6.07) is 8.52. The van der Waals surface area contributed by atoms with E-state index in [1.165, 1.54) is 12.4 Å². The Morgan fingerprint density at radius 3 is 2.63 bits per heavy atom. The Morgan fingerprint density at radius 2 is 1.94 bits per heavy atom. The molecule has 0 aliphatic carbocycles. The zero-order valence-corrected chi connectivity index (χ0v) is 18.7. The quantitative estimate of drug-likeness (QED) is 0.373. The Labute approximate surface area is 198 Å². The number of aromatic amines is 1. The number of nitrogens with one attached hydrogen (secondary N) is 2. The molecule has 4 aromatic rings. The largest absolute Gasteiger partial charge is 0.417 e. The smallest absolute Gasteiger partial charge is 0.396 e. The van der Waals surface area contributed by atoms with Crippen LogP contribution in [0.4, 0.5) is 30.5 Å². The molecule has 5 rings (SSSR count). The van der Waals surface area contributed by atoms with Crippen LogP contribution in [0.1, 0.15) is 36.9 Å². The lowest BCUT2D eigenvalue weighted by molar-refractivity contribution is -0.137. The highest BCUT2D eigenvalue weighted by Gasteiger charge is 2.31. The standard InChI is InChI=1S/C24H22F3N7O/c1-13(14-4-6-16(7-5-14)34-8-2-3-20(34)35)32-23-31-12-19(28)21(33-23)18-11-30-22-17(18)9-15(10-29-22)24(25,26)27/h4-7,9-13H,2-3,8,28H2,1H3,(H,29,30)(H,31,32,33)/t13-/m1/s1. The molecule has 0 saturated carbocycles. The summed E-state index contributed by atoms with van der Waals surface area (Å²) < 4.78 is 39.6. The van der Waals surface area contributed by atoms with Gasteiger partial charge in [-0.3, -0.25) is 4.79 Å². The van der Waals surface area contributed by atoms with E-state index in [1.807, 2.05) is 31.2 Å². The molecule has 3 aromatic heterocycles. The second kappa shape index (κ2) is 8.57. The first-order chi connectivity index (χ1) is 16.7. The van der Waals surface area contributed by atoms with Crippen molar-refractivity contribution in [3.63, 3.8) is 0 Å². The molecular formula is C24H22F3N7O. The molecule has 35 heavy (non-hydrogen) atoms. The van der Waals surface area contributed by atoms with Crippen LogP contribution in [0.2, 0.25) is 0 Å². The lowest BCUT2D eigenvalue weighted by Gasteiger charge is -2.18. The number of halogens is 3. The van der Waals surface area contributed by atoms with E-state index in [0.717, 1.165) is 36.5 Å². The minimum Gasteiger partial charge on any atom is -0.396 e. The Kier molecular flexibility index (Phi) is 5.54. The van der Waals surface area contributed by atoms with E-state index >= 15 is 0 Å². The minimum atomic E-state index is -4.52. The Hall–Kier alpha value is -4.15. The second-order valence-corrected chi connectivity index (χ2v) is 8.42. The number of nitrogens with two attached hydrogens (primary N) is 1. The molecule has 0 spiro atoms. The number of aromatic nitrogens is 4. The van der Waals surface area contributed by atoms with Crippen LogP contribution in [0.25, 0.3) is 22.3 Å². The van der Waals surface area contributed by atoms with E-state index in [4.69, 9.17) is 5.73 Å². The van der Waals surface area contributed by atoms with Crippen molar-refractivity contribution in [2.24, 2.45) is 0 Å². The van der Waals surface area contributed by atoms with E-state index in [2.05, 4.69) is 25.3 Å². The van der Waals surface area contributed by atoms with Gasteiger partial charge in [0, 0.05) is 42.0 Å². The van der Waals surface area contributed by atoms with Gasteiger partial charge in [-0.2, -0.15) is 13.2 Å². The molecule has 1 aromatic carbocycles. The van der Waals surface area contributed by atoms with Crippen molar-refractivity contribution in [2.75, 3.05) is 22.5 Å². The summed E-state index contributed by atoms with van der Waals surface area (Å²) in [5, 5.41) is 3.47. The number of nitrogens with zero attached hydrogens (tertiary/aromatic N) is 4. The van der Waals surface area contributed by atoms with Gasteiger partial charge in [0.1, 0.15) is 11.3 Å². The summed E-state index contributed by atoms with van der Waals surface area (Å²) in [5.41, 5.74) is 8.25. The van der Waals surface area contributed by atoms with E-state index in [1.54, 1.807) is 4.90 Å². The van der Waals surface area contributed by atoms with E-state index in [-0.39, 0.29) is 29.0 Å². The van der Waals surface area contributed by atoms with Crippen LogP contribution in [0.3, 0.4) is 0 Å². The molecule has 1 amide bonds. The van der Waals surface area contributed by atoms with Crippen molar-refractivity contribution in [1.82, 2.24) is 19.9 Å². The monoisotopic (exact) mass is 481 g/mol. The first-order valence-electron chi connectivity index (χ1n) is 11.0. The van der Waals surface area contributed by atoms with Crippen molar-refractivity contribution in [3.05, 3.63) is 60.0 Å².